The molecule has 3 heterocycles. The summed E-state index contributed by atoms with van der Waals surface area (Å²) in [6, 6.07) is -0.538. The van der Waals surface area contributed by atoms with Gasteiger partial charge in [0.25, 0.3) is 5.56 Å². The Labute approximate surface area is 190 Å². The molecular formula is C18H22ClF3N6O3S. The van der Waals surface area contributed by atoms with E-state index in [0.717, 1.165) is 11.3 Å². The van der Waals surface area contributed by atoms with E-state index in [1.54, 1.807) is 23.1 Å². The number of anilines is 2. The van der Waals surface area contributed by atoms with Crippen LogP contribution in [0.5, 0.6) is 0 Å². The number of piperazine rings is 1. The predicted octanol–water partition coefficient (Wildman–Crippen LogP) is 2.45. The van der Waals surface area contributed by atoms with Crippen LogP contribution in [0.15, 0.2) is 17.2 Å². The average molecular weight is 495 g/mol. The molecule has 1 saturated heterocycles. The molecule has 1 atom stereocenters. The van der Waals surface area contributed by atoms with Gasteiger partial charge in [0.2, 0.25) is 5.91 Å². The second kappa shape index (κ2) is 10.5. The van der Waals surface area contributed by atoms with E-state index in [0.29, 0.717) is 30.5 Å². The smallest absolute Gasteiger partial charge is 0.379 e. The molecule has 14 heteroatoms. The van der Waals surface area contributed by atoms with Crippen molar-refractivity contribution >= 4 is 39.7 Å². The molecule has 1 aliphatic rings. The van der Waals surface area contributed by atoms with Gasteiger partial charge in [-0.3, -0.25) is 9.59 Å². The molecule has 0 saturated carbocycles. The fourth-order valence-electron chi connectivity index (χ4n) is 3.21. The second-order valence-corrected chi connectivity index (χ2v) is 8.81. The van der Waals surface area contributed by atoms with E-state index in [9.17, 15) is 22.8 Å². The summed E-state index contributed by atoms with van der Waals surface area (Å²) in [5, 5.41) is 8.60. The fraction of sp³-hybridized carbons (Fsp3) is 0.556. The molecule has 1 fully saturated rings. The van der Waals surface area contributed by atoms with Crippen LogP contribution in [0.3, 0.4) is 0 Å². The van der Waals surface area contributed by atoms with Crippen molar-refractivity contribution in [1.29, 1.82) is 0 Å². The van der Waals surface area contributed by atoms with Crippen molar-refractivity contribution in [2.45, 2.75) is 25.6 Å². The number of thiazole rings is 1. The number of alkyl halides is 3. The van der Waals surface area contributed by atoms with E-state index in [4.69, 9.17) is 16.3 Å². The molecule has 2 aromatic rings. The Kier molecular flexibility index (Phi) is 7.96. The molecule has 1 aliphatic heterocycles. The van der Waals surface area contributed by atoms with Crippen LogP contribution in [0, 0.1) is 0 Å². The first-order chi connectivity index (χ1) is 15.1. The first-order valence-corrected chi connectivity index (χ1v) is 11.0. The van der Waals surface area contributed by atoms with Crippen LogP contribution in [0.1, 0.15) is 18.9 Å². The molecule has 9 nitrogen and oxygen atoms in total. The topological polar surface area (TPSA) is 103 Å². The molecule has 2 N–H and O–H groups in total. The van der Waals surface area contributed by atoms with Crippen LogP contribution >= 0.6 is 22.9 Å². The largest absolute Gasteiger partial charge is 0.423 e. The zero-order chi connectivity index (χ0) is 23.3. The average Bonchev–Trinajstić information content (AvgIpc) is 3.16. The third-order valence-corrected chi connectivity index (χ3v) is 5.91. The number of nitrogens with zero attached hydrogens (tertiary/aromatic N) is 4. The lowest BCUT2D eigenvalue weighted by Gasteiger charge is -2.34. The highest BCUT2D eigenvalue weighted by Gasteiger charge is 2.37. The van der Waals surface area contributed by atoms with Crippen LogP contribution in [0.25, 0.3) is 0 Å². The summed E-state index contributed by atoms with van der Waals surface area (Å²) in [6.45, 7) is 4.22. The first-order valence-electron chi connectivity index (χ1n) is 9.78. The second-order valence-electron chi connectivity index (χ2n) is 7.17. The zero-order valence-electron chi connectivity index (χ0n) is 17.1. The molecule has 0 bridgehead atoms. The number of rotatable bonds is 8. The summed E-state index contributed by atoms with van der Waals surface area (Å²) in [5.74, 6) is -0.0550. The lowest BCUT2D eigenvalue weighted by atomic mass is 10.2. The molecule has 0 aromatic carbocycles. The SMILES string of the molecule is CC(COCCC(=O)N1CCN(c2ncc(Cl)s2)CC1)Nc1cn[nH]c(=O)c1C(F)(F)F. The summed E-state index contributed by atoms with van der Waals surface area (Å²) in [7, 11) is 0. The molecule has 32 heavy (non-hydrogen) atoms. The molecule has 0 spiro atoms. The van der Waals surface area contributed by atoms with Gasteiger partial charge < -0.3 is 19.9 Å². The molecular weight excluding hydrogens is 473 g/mol. The van der Waals surface area contributed by atoms with Gasteiger partial charge in [0.15, 0.2) is 5.13 Å². The summed E-state index contributed by atoms with van der Waals surface area (Å²) >= 11 is 7.30. The predicted molar refractivity (Wildman–Crippen MR) is 114 cm³/mol. The molecule has 2 aromatic heterocycles. The third kappa shape index (κ3) is 6.33. The van der Waals surface area contributed by atoms with Gasteiger partial charge >= 0.3 is 6.18 Å². The first kappa shape index (κ1) is 24.3. The van der Waals surface area contributed by atoms with E-state index in [-0.39, 0.29) is 25.5 Å². The van der Waals surface area contributed by atoms with Crippen LogP contribution in [0.2, 0.25) is 4.34 Å². The normalized spacial score (nSPS) is 15.7. The summed E-state index contributed by atoms with van der Waals surface area (Å²) in [4.78, 5) is 31.9. The maximum atomic E-state index is 13.1. The van der Waals surface area contributed by atoms with Crippen molar-refractivity contribution in [2.24, 2.45) is 0 Å². The number of amides is 1. The minimum absolute atomic E-state index is 0.0515. The Bertz CT molecular complexity index is 977. The van der Waals surface area contributed by atoms with Crippen LogP contribution < -0.4 is 15.8 Å². The number of carbonyl (C=O) groups excluding carboxylic acids is 1. The zero-order valence-corrected chi connectivity index (χ0v) is 18.7. The fourth-order valence-corrected chi connectivity index (χ4v) is 4.17. The number of nitrogens with one attached hydrogen (secondary N) is 2. The van der Waals surface area contributed by atoms with Gasteiger partial charge in [0.1, 0.15) is 9.90 Å². The van der Waals surface area contributed by atoms with E-state index in [1.807, 2.05) is 0 Å². The molecule has 1 unspecified atom stereocenters. The maximum absolute atomic E-state index is 13.1. The van der Waals surface area contributed by atoms with Crippen molar-refractivity contribution in [3.8, 4) is 0 Å². The monoisotopic (exact) mass is 494 g/mol. The van der Waals surface area contributed by atoms with Gasteiger partial charge in [-0.05, 0) is 6.92 Å². The van der Waals surface area contributed by atoms with E-state index < -0.39 is 29.0 Å². The van der Waals surface area contributed by atoms with Crippen LogP contribution in [-0.2, 0) is 15.7 Å². The number of aromatic nitrogens is 3. The van der Waals surface area contributed by atoms with Crippen LogP contribution in [0.4, 0.5) is 24.0 Å². The van der Waals surface area contributed by atoms with Gasteiger partial charge in [-0.15, -0.1) is 0 Å². The van der Waals surface area contributed by atoms with E-state index in [2.05, 4.69) is 20.3 Å². The van der Waals surface area contributed by atoms with E-state index >= 15 is 0 Å². The number of H-pyrrole nitrogens is 1. The summed E-state index contributed by atoms with van der Waals surface area (Å²) in [6.07, 6.45) is -2.15. The van der Waals surface area contributed by atoms with Crippen LogP contribution in [-0.4, -0.2) is 71.4 Å². The lowest BCUT2D eigenvalue weighted by Crippen LogP contribution is -2.49. The molecule has 3 rings (SSSR count). The lowest BCUT2D eigenvalue weighted by molar-refractivity contribution is -0.138. The number of hydrogen-bond donors (Lipinski definition) is 2. The quantitative estimate of drug-likeness (QED) is 0.543. The number of ether oxygens (including phenoxy) is 1. The van der Waals surface area contributed by atoms with Gasteiger partial charge in [-0.2, -0.15) is 18.3 Å². The van der Waals surface area contributed by atoms with Crippen molar-refractivity contribution in [1.82, 2.24) is 20.1 Å². The summed E-state index contributed by atoms with van der Waals surface area (Å²) < 4.78 is 45.3. The Hall–Kier alpha value is -2.38. The number of aromatic amines is 1. The highest BCUT2D eigenvalue weighted by atomic mass is 35.5. The molecule has 176 valence electrons. The van der Waals surface area contributed by atoms with Gasteiger partial charge in [0, 0.05) is 32.2 Å². The Balaban J connectivity index is 1.39. The number of hydrogen-bond acceptors (Lipinski definition) is 8. The standard InChI is InChI=1S/C18H22ClF3N6O3S/c1-11(25-12-8-24-26-16(30)15(12)18(20,21)22)10-31-7-2-14(29)27-3-5-28(6-4-27)17-23-9-13(19)32-17/h8-9,11H,2-7,10H2,1H3,(H2,25,26,30). The highest BCUT2D eigenvalue weighted by Crippen LogP contribution is 2.31. The van der Waals surface area contributed by atoms with Crippen molar-refractivity contribution < 1.29 is 22.7 Å². The van der Waals surface area contributed by atoms with Gasteiger partial charge in [-0.1, -0.05) is 22.9 Å². The number of carbonyl (C=O) groups is 1. The molecule has 0 aliphatic carbocycles. The van der Waals surface area contributed by atoms with Gasteiger partial charge in [0.05, 0.1) is 37.7 Å². The number of halogens is 4. The molecule has 0 radical (unpaired) electrons. The third-order valence-electron chi connectivity index (χ3n) is 4.74. The highest BCUT2D eigenvalue weighted by molar-refractivity contribution is 7.19. The minimum Gasteiger partial charge on any atom is -0.379 e. The Morgan fingerprint density at radius 2 is 2.06 bits per heavy atom. The maximum Gasteiger partial charge on any atom is 0.423 e. The Morgan fingerprint density at radius 3 is 2.69 bits per heavy atom. The summed E-state index contributed by atoms with van der Waals surface area (Å²) in [5.41, 5.74) is -3.08. The van der Waals surface area contributed by atoms with Crippen molar-refractivity contribution in [3.63, 3.8) is 0 Å². The minimum atomic E-state index is -4.82. The van der Waals surface area contributed by atoms with Crippen molar-refractivity contribution in [3.05, 3.63) is 32.6 Å². The Morgan fingerprint density at radius 1 is 1.34 bits per heavy atom. The van der Waals surface area contributed by atoms with E-state index in [1.165, 1.54) is 11.3 Å². The van der Waals surface area contributed by atoms with Gasteiger partial charge in [-0.25, -0.2) is 10.1 Å². The molecule has 1 amide bonds. The van der Waals surface area contributed by atoms with Crippen molar-refractivity contribution in [2.75, 3.05) is 49.6 Å².